The largest absolute Gasteiger partial charge is 0.366 e. The molecule has 34 heavy (non-hydrogen) atoms. The standard InChI is InChI=1S/C23H30N8O.2ClH/c24-15-7-11-17(12-8-15)28-23-29-21(27-16-9-5-14(6-10-16)20(25)32)19-22(30-23)31(13-26-19)18-3-1-2-4-18;;/h5-6,9-10,13,15,17-18H,1-4,7-8,11-12,24H2,(H2,25,32)(H2,27,28,29,30);2*1H. The van der Waals surface area contributed by atoms with Gasteiger partial charge in [-0.25, -0.2) is 4.98 Å². The lowest BCUT2D eigenvalue weighted by atomic mass is 9.92. The molecule has 2 saturated carbocycles. The SMILES string of the molecule is Cl.Cl.NC(=O)c1ccc(Nc2nc(NC3CCC(N)CC3)nc3c2ncn3C2CCCC2)cc1. The molecule has 0 unspecified atom stereocenters. The monoisotopic (exact) mass is 506 g/mol. The second-order valence-electron chi connectivity index (χ2n) is 8.98. The van der Waals surface area contributed by atoms with E-state index in [1.165, 1.54) is 12.8 Å². The summed E-state index contributed by atoms with van der Waals surface area (Å²) in [5, 5.41) is 6.89. The molecule has 0 aliphatic heterocycles. The molecule has 2 aliphatic rings. The van der Waals surface area contributed by atoms with Crippen molar-refractivity contribution in [1.29, 1.82) is 0 Å². The van der Waals surface area contributed by atoms with Gasteiger partial charge in [-0.05, 0) is 62.8 Å². The molecule has 1 aromatic carbocycles. The van der Waals surface area contributed by atoms with Gasteiger partial charge >= 0.3 is 0 Å². The van der Waals surface area contributed by atoms with Crippen LogP contribution in [0.3, 0.4) is 0 Å². The molecular weight excluding hydrogens is 475 g/mol. The Kier molecular flexibility index (Phi) is 8.57. The summed E-state index contributed by atoms with van der Waals surface area (Å²) in [6.07, 6.45) is 10.7. The summed E-state index contributed by atoms with van der Waals surface area (Å²) in [5.41, 5.74) is 14.3. The molecule has 0 saturated heterocycles. The highest BCUT2D eigenvalue weighted by atomic mass is 35.5. The topological polar surface area (TPSA) is 137 Å². The summed E-state index contributed by atoms with van der Waals surface area (Å²) in [5.74, 6) is 0.803. The van der Waals surface area contributed by atoms with E-state index in [-0.39, 0.29) is 24.8 Å². The Bertz CT molecular complexity index is 1110. The van der Waals surface area contributed by atoms with Crippen molar-refractivity contribution >= 4 is 59.3 Å². The number of hydrogen-bond donors (Lipinski definition) is 4. The molecule has 0 radical (unpaired) electrons. The number of benzene rings is 1. The number of amides is 1. The highest BCUT2D eigenvalue weighted by Gasteiger charge is 2.24. The third-order valence-corrected chi connectivity index (χ3v) is 6.68. The summed E-state index contributed by atoms with van der Waals surface area (Å²) < 4.78 is 2.20. The van der Waals surface area contributed by atoms with Crippen molar-refractivity contribution in [2.45, 2.75) is 69.5 Å². The van der Waals surface area contributed by atoms with E-state index in [2.05, 4.69) is 20.2 Å². The van der Waals surface area contributed by atoms with Crippen molar-refractivity contribution in [2.24, 2.45) is 11.5 Å². The quantitative estimate of drug-likeness (QED) is 0.390. The summed E-state index contributed by atoms with van der Waals surface area (Å²) in [4.78, 5) is 25.7. The molecule has 6 N–H and O–H groups in total. The Labute approximate surface area is 211 Å². The number of primary amides is 1. The fourth-order valence-corrected chi connectivity index (χ4v) is 4.82. The van der Waals surface area contributed by atoms with Crippen molar-refractivity contribution in [3.63, 3.8) is 0 Å². The Morgan fingerprint density at radius 3 is 2.29 bits per heavy atom. The Morgan fingerprint density at radius 2 is 1.65 bits per heavy atom. The normalized spacial score (nSPS) is 20.4. The van der Waals surface area contributed by atoms with Gasteiger partial charge in [0.05, 0.1) is 6.33 Å². The number of carbonyl (C=O) groups excluding carboxylic acids is 1. The van der Waals surface area contributed by atoms with Crippen LogP contribution in [0.2, 0.25) is 0 Å². The lowest BCUT2D eigenvalue weighted by molar-refractivity contribution is 0.100. The van der Waals surface area contributed by atoms with Gasteiger partial charge in [-0.15, -0.1) is 24.8 Å². The van der Waals surface area contributed by atoms with E-state index in [9.17, 15) is 4.79 Å². The minimum absolute atomic E-state index is 0. The highest BCUT2D eigenvalue weighted by molar-refractivity contribution is 5.93. The number of aromatic nitrogens is 4. The van der Waals surface area contributed by atoms with E-state index in [0.717, 1.165) is 55.4 Å². The Hall–Kier alpha value is -2.62. The number of nitrogens with two attached hydrogens (primary N) is 2. The number of rotatable bonds is 6. The highest BCUT2D eigenvalue weighted by Crippen LogP contribution is 2.34. The molecule has 11 heteroatoms. The molecule has 0 spiro atoms. The van der Waals surface area contributed by atoms with Gasteiger partial charge in [-0.2, -0.15) is 9.97 Å². The van der Waals surface area contributed by atoms with E-state index in [1.807, 2.05) is 18.5 Å². The van der Waals surface area contributed by atoms with E-state index in [4.69, 9.17) is 21.4 Å². The maximum absolute atomic E-state index is 11.4. The minimum atomic E-state index is -0.449. The molecule has 184 valence electrons. The van der Waals surface area contributed by atoms with Gasteiger partial charge in [0.2, 0.25) is 11.9 Å². The molecule has 0 atom stereocenters. The molecule has 0 bridgehead atoms. The van der Waals surface area contributed by atoms with Crippen molar-refractivity contribution in [3.8, 4) is 0 Å². The number of carbonyl (C=O) groups is 1. The predicted molar refractivity (Wildman–Crippen MR) is 139 cm³/mol. The van der Waals surface area contributed by atoms with Crippen molar-refractivity contribution in [2.75, 3.05) is 10.6 Å². The van der Waals surface area contributed by atoms with Crippen LogP contribution in [0.15, 0.2) is 30.6 Å². The van der Waals surface area contributed by atoms with Crippen LogP contribution in [0.5, 0.6) is 0 Å². The van der Waals surface area contributed by atoms with Crippen LogP contribution in [0, 0.1) is 0 Å². The van der Waals surface area contributed by atoms with Crippen LogP contribution >= 0.6 is 24.8 Å². The zero-order valence-electron chi connectivity index (χ0n) is 18.9. The summed E-state index contributed by atoms with van der Waals surface area (Å²) in [7, 11) is 0. The van der Waals surface area contributed by atoms with Crippen LogP contribution in [-0.2, 0) is 0 Å². The number of nitrogens with zero attached hydrogens (tertiary/aromatic N) is 4. The van der Waals surface area contributed by atoms with Crippen LogP contribution in [-0.4, -0.2) is 37.5 Å². The molecule has 5 rings (SSSR count). The van der Waals surface area contributed by atoms with Crippen molar-refractivity contribution in [1.82, 2.24) is 19.5 Å². The summed E-state index contributed by atoms with van der Waals surface area (Å²) in [6.45, 7) is 0. The number of hydrogen-bond acceptors (Lipinski definition) is 7. The van der Waals surface area contributed by atoms with Crippen LogP contribution in [0.25, 0.3) is 11.2 Å². The third-order valence-electron chi connectivity index (χ3n) is 6.68. The first-order valence-electron chi connectivity index (χ1n) is 11.5. The average Bonchev–Trinajstić information content (AvgIpc) is 3.46. The van der Waals surface area contributed by atoms with Crippen molar-refractivity contribution < 1.29 is 4.79 Å². The van der Waals surface area contributed by atoms with Gasteiger partial charge < -0.3 is 26.7 Å². The molecule has 2 fully saturated rings. The second kappa shape index (κ2) is 11.2. The number of nitrogens with one attached hydrogen (secondary N) is 2. The predicted octanol–water partition coefficient (Wildman–Crippen LogP) is 4.31. The van der Waals surface area contributed by atoms with Gasteiger partial charge in [0.25, 0.3) is 0 Å². The molecule has 2 heterocycles. The van der Waals surface area contributed by atoms with Crippen LogP contribution in [0.1, 0.15) is 67.8 Å². The first kappa shape index (κ1) is 26.0. The van der Waals surface area contributed by atoms with Gasteiger partial charge in [0.15, 0.2) is 17.0 Å². The van der Waals surface area contributed by atoms with E-state index >= 15 is 0 Å². The van der Waals surface area contributed by atoms with E-state index < -0.39 is 5.91 Å². The van der Waals surface area contributed by atoms with Crippen LogP contribution in [0.4, 0.5) is 17.5 Å². The van der Waals surface area contributed by atoms with Gasteiger partial charge in [0.1, 0.15) is 0 Å². The smallest absolute Gasteiger partial charge is 0.248 e. The first-order chi connectivity index (χ1) is 15.6. The number of fused-ring (bicyclic) bond motifs is 1. The molecule has 3 aromatic rings. The third kappa shape index (κ3) is 5.54. The summed E-state index contributed by atoms with van der Waals surface area (Å²) >= 11 is 0. The molecule has 9 nitrogen and oxygen atoms in total. The van der Waals surface area contributed by atoms with Gasteiger partial charge in [-0.3, -0.25) is 4.79 Å². The Balaban J connectivity index is 0.00000162. The van der Waals surface area contributed by atoms with Gasteiger partial charge in [-0.1, -0.05) is 12.8 Å². The second-order valence-corrected chi connectivity index (χ2v) is 8.98. The number of imidazole rings is 1. The molecule has 1 amide bonds. The molecule has 2 aromatic heterocycles. The van der Waals surface area contributed by atoms with Gasteiger partial charge in [0, 0.05) is 29.4 Å². The maximum atomic E-state index is 11.4. The van der Waals surface area contributed by atoms with E-state index in [1.54, 1.807) is 12.1 Å². The van der Waals surface area contributed by atoms with E-state index in [0.29, 0.717) is 35.5 Å². The molecular formula is C23H32Cl2N8O. The lowest BCUT2D eigenvalue weighted by Crippen LogP contribution is -2.33. The number of halogens is 2. The van der Waals surface area contributed by atoms with Crippen LogP contribution < -0.4 is 22.1 Å². The fourth-order valence-electron chi connectivity index (χ4n) is 4.82. The maximum Gasteiger partial charge on any atom is 0.248 e. The minimum Gasteiger partial charge on any atom is -0.366 e. The Morgan fingerprint density at radius 1 is 0.971 bits per heavy atom. The fraction of sp³-hybridized carbons (Fsp3) is 0.478. The zero-order chi connectivity index (χ0) is 22.1. The zero-order valence-corrected chi connectivity index (χ0v) is 20.6. The number of anilines is 3. The summed E-state index contributed by atoms with van der Waals surface area (Å²) in [6, 6.07) is 8.07. The molecule has 2 aliphatic carbocycles. The average molecular weight is 507 g/mol. The van der Waals surface area contributed by atoms with Crippen molar-refractivity contribution in [3.05, 3.63) is 36.2 Å². The first-order valence-corrected chi connectivity index (χ1v) is 11.5. The lowest BCUT2D eigenvalue weighted by Gasteiger charge is -2.27.